The second-order valence-electron chi connectivity index (χ2n) is 5.20. The lowest BCUT2D eigenvalue weighted by Gasteiger charge is -2.22. The number of rotatable bonds is 2. The standard InChI is InChI=1S/C15H19FN2.BrH/c1-2-14-13-9-8-11(16)10-15(13)18(17-14)12-6-4-3-5-7-12;/h8-10,12H,2-7H2,1H3;1H. The smallest absolute Gasteiger partial charge is 0.125 e. The highest BCUT2D eigenvalue weighted by Crippen LogP contribution is 2.32. The summed E-state index contributed by atoms with van der Waals surface area (Å²) in [6, 6.07) is 5.50. The van der Waals surface area contributed by atoms with Crippen molar-refractivity contribution >= 4 is 27.9 Å². The van der Waals surface area contributed by atoms with Gasteiger partial charge in [0.15, 0.2) is 0 Å². The van der Waals surface area contributed by atoms with E-state index in [0.29, 0.717) is 6.04 Å². The maximum absolute atomic E-state index is 13.5. The van der Waals surface area contributed by atoms with Crippen molar-refractivity contribution in [1.82, 2.24) is 9.78 Å². The average molecular weight is 327 g/mol. The van der Waals surface area contributed by atoms with Gasteiger partial charge in [0, 0.05) is 5.39 Å². The van der Waals surface area contributed by atoms with Crippen molar-refractivity contribution in [2.24, 2.45) is 0 Å². The Labute approximate surface area is 123 Å². The van der Waals surface area contributed by atoms with Crippen LogP contribution in [-0.4, -0.2) is 9.78 Å². The molecule has 0 amide bonds. The number of aromatic nitrogens is 2. The van der Waals surface area contributed by atoms with Crippen LogP contribution in [0.15, 0.2) is 18.2 Å². The number of halogens is 2. The molecule has 19 heavy (non-hydrogen) atoms. The Hall–Kier alpha value is -0.900. The highest BCUT2D eigenvalue weighted by atomic mass is 79.9. The fourth-order valence-corrected chi connectivity index (χ4v) is 3.04. The SMILES string of the molecule is Br.CCc1nn(C2CCCCC2)c2cc(F)ccc12. The highest BCUT2D eigenvalue weighted by Gasteiger charge is 2.20. The Morgan fingerprint density at radius 1 is 1.26 bits per heavy atom. The van der Waals surface area contributed by atoms with Crippen LogP contribution < -0.4 is 0 Å². The first kappa shape index (κ1) is 14.5. The van der Waals surface area contributed by atoms with Gasteiger partial charge < -0.3 is 0 Å². The van der Waals surface area contributed by atoms with E-state index >= 15 is 0 Å². The Bertz CT molecular complexity index is 559. The summed E-state index contributed by atoms with van der Waals surface area (Å²) in [5, 5.41) is 5.84. The molecule has 3 rings (SSSR count). The maximum Gasteiger partial charge on any atom is 0.125 e. The minimum atomic E-state index is -0.165. The van der Waals surface area contributed by atoms with Crippen LogP contribution in [-0.2, 0) is 6.42 Å². The minimum absolute atomic E-state index is 0. The number of fused-ring (bicyclic) bond motifs is 1. The molecule has 0 spiro atoms. The van der Waals surface area contributed by atoms with E-state index in [2.05, 4.69) is 11.6 Å². The van der Waals surface area contributed by atoms with Crippen LogP contribution in [0.1, 0.15) is 50.8 Å². The van der Waals surface area contributed by atoms with Gasteiger partial charge in [-0.25, -0.2) is 4.39 Å². The summed E-state index contributed by atoms with van der Waals surface area (Å²) in [6.45, 7) is 2.11. The minimum Gasteiger partial charge on any atom is -0.261 e. The normalized spacial score (nSPS) is 16.5. The van der Waals surface area contributed by atoms with Gasteiger partial charge in [0.2, 0.25) is 0 Å². The molecule has 0 bridgehead atoms. The molecule has 2 aromatic rings. The van der Waals surface area contributed by atoms with Gasteiger partial charge in [-0.2, -0.15) is 5.10 Å². The summed E-state index contributed by atoms with van der Waals surface area (Å²) in [6.07, 6.45) is 7.12. The zero-order valence-corrected chi connectivity index (χ0v) is 12.9. The molecule has 0 saturated heterocycles. The molecule has 1 aromatic heterocycles. The van der Waals surface area contributed by atoms with Crippen LogP contribution in [0.25, 0.3) is 10.9 Å². The van der Waals surface area contributed by atoms with Crippen LogP contribution in [0, 0.1) is 5.82 Å². The lowest BCUT2D eigenvalue weighted by atomic mass is 9.95. The van der Waals surface area contributed by atoms with E-state index in [9.17, 15) is 4.39 Å². The number of hydrogen-bond donors (Lipinski definition) is 0. The molecule has 0 N–H and O–H groups in total. The second-order valence-corrected chi connectivity index (χ2v) is 5.20. The molecule has 0 radical (unpaired) electrons. The first-order valence-electron chi connectivity index (χ1n) is 6.96. The van der Waals surface area contributed by atoms with E-state index in [-0.39, 0.29) is 22.8 Å². The number of benzene rings is 1. The third-order valence-electron chi connectivity index (χ3n) is 4.00. The summed E-state index contributed by atoms with van der Waals surface area (Å²) in [7, 11) is 0. The molecule has 0 aliphatic heterocycles. The van der Waals surface area contributed by atoms with Gasteiger partial charge in [0.25, 0.3) is 0 Å². The van der Waals surface area contributed by atoms with Crippen molar-refractivity contribution in [2.75, 3.05) is 0 Å². The van der Waals surface area contributed by atoms with Crippen LogP contribution in [0.4, 0.5) is 4.39 Å². The lowest BCUT2D eigenvalue weighted by molar-refractivity contribution is 0.335. The van der Waals surface area contributed by atoms with Gasteiger partial charge in [-0.3, -0.25) is 4.68 Å². The van der Waals surface area contributed by atoms with Gasteiger partial charge >= 0.3 is 0 Å². The van der Waals surface area contributed by atoms with E-state index in [1.165, 1.54) is 38.2 Å². The molecular weight excluding hydrogens is 307 g/mol. The maximum atomic E-state index is 13.5. The molecule has 1 heterocycles. The van der Waals surface area contributed by atoms with Gasteiger partial charge in [-0.05, 0) is 37.5 Å². The average Bonchev–Trinajstić information content (AvgIpc) is 2.77. The molecule has 1 saturated carbocycles. The van der Waals surface area contributed by atoms with Crippen molar-refractivity contribution in [2.45, 2.75) is 51.5 Å². The van der Waals surface area contributed by atoms with Gasteiger partial charge in [-0.1, -0.05) is 26.2 Å². The first-order valence-corrected chi connectivity index (χ1v) is 6.96. The Morgan fingerprint density at radius 2 is 2.00 bits per heavy atom. The summed E-state index contributed by atoms with van der Waals surface area (Å²) >= 11 is 0. The molecule has 1 aliphatic rings. The molecular formula is C15H20BrFN2. The third kappa shape index (κ3) is 2.69. The fraction of sp³-hybridized carbons (Fsp3) is 0.533. The van der Waals surface area contributed by atoms with Crippen LogP contribution >= 0.6 is 17.0 Å². The third-order valence-corrected chi connectivity index (χ3v) is 4.00. The van der Waals surface area contributed by atoms with E-state index in [1.54, 1.807) is 6.07 Å². The van der Waals surface area contributed by atoms with Gasteiger partial charge in [0.1, 0.15) is 5.82 Å². The zero-order chi connectivity index (χ0) is 12.5. The number of nitrogens with zero attached hydrogens (tertiary/aromatic N) is 2. The quantitative estimate of drug-likeness (QED) is 0.773. The van der Waals surface area contributed by atoms with E-state index < -0.39 is 0 Å². The van der Waals surface area contributed by atoms with Crippen molar-refractivity contribution < 1.29 is 4.39 Å². The molecule has 1 fully saturated rings. The number of aryl methyl sites for hydroxylation is 1. The van der Waals surface area contributed by atoms with Crippen molar-refractivity contribution in [3.63, 3.8) is 0 Å². The second kappa shape index (κ2) is 6.04. The Morgan fingerprint density at radius 3 is 2.68 bits per heavy atom. The molecule has 0 unspecified atom stereocenters. The van der Waals surface area contributed by atoms with Gasteiger partial charge in [0.05, 0.1) is 17.3 Å². The van der Waals surface area contributed by atoms with E-state index in [1.807, 2.05) is 6.07 Å². The van der Waals surface area contributed by atoms with Crippen LogP contribution in [0.3, 0.4) is 0 Å². The zero-order valence-electron chi connectivity index (χ0n) is 11.2. The largest absolute Gasteiger partial charge is 0.261 e. The molecule has 2 nitrogen and oxygen atoms in total. The predicted octanol–water partition coefficient (Wildman–Crippen LogP) is 4.82. The molecule has 104 valence electrons. The lowest BCUT2D eigenvalue weighted by Crippen LogP contribution is -2.14. The molecule has 0 atom stereocenters. The molecule has 4 heteroatoms. The van der Waals surface area contributed by atoms with E-state index in [4.69, 9.17) is 5.10 Å². The van der Waals surface area contributed by atoms with Crippen molar-refractivity contribution in [3.8, 4) is 0 Å². The summed E-state index contributed by atoms with van der Waals surface area (Å²) < 4.78 is 15.5. The summed E-state index contributed by atoms with van der Waals surface area (Å²) in [5.41, 5.74) is 2.06. The van der Waals surface area contributed by atoms with Crippen LogP contribution in [0.5, 0.6) is 0 Å². The molecule has 1 aromatic carbocycles. The van der Waals surface area contributed by atoms with Crippen molar-refractivity contribution in [3.05, 3.63) is 29.7 Å². The predicted molar refractivity (Wildman–Crippen MR) is 81.5 cm³/mol. The monoisotopic (exact) mass is 326 g/mol. The highest BCUT2D eigenvalue weighted by molar-refractivity contribution is 8.93. The summed E-state index contributed by atoms with van der Waals surface area (Å²) in [5.74, 6) is -0.165. The Kier molecular flexibility index (Phi) is 4.61. The van der Waals surface area contributed by atoms with E-state index in [0.717, 1.165) is 23.0 Å². The van der Waals surface area contributed by atoms with Crippen LogP contribution in [0.2, 0.25) is 0 Å². The fourth-order valence-electron chi connectivity index (χ4n) is 3.04. The topological polar surface area (TPSA) is 17.8 Å². The summed E-state index contributed by atoms with van der Waals surface area (Å²) in [4.78, 5) is 0. The Balaban J connectivity index is 0.00000133. The molecule has 1 aliphatic carbocycles. The number of hydrogen-bond acceptors (Lipinski definition) is 1. The first-order chi connectivity index (χ1) is 8.79. The van der Waals surface area contributed by atoms with Crippen molar-refractivity contribution in [1.29, 1.82) is 0 Å². The van der Waals surface area contributed by atoms with Gasteiger partial charge in [-0.15, -0.1) is 17.0 Å².